The van der Waals surface area contributed by atoms with E-state index in [9.17, 15) is 27.6 Å². The van der Waals surface area contributed by atoms with E-state index >= 15 is 0 Å². The average Bonchev–Trinajstić information content (AvgIpc) is 3.56. The Bertz CT molecular complexity index is 1860. The standard InChI is InChI=1S/C32H30Cl2F3N7O4/c1-2-44-30(46)27(40-31(47)41-28-24(33)17-38-18-25(28)34)16-26(42-44)20-7-5-6-19(12-20)21-13-22(15-23(14-21)48-32(35,36)37)29(45)39-8-11-43-9-3-4-10-43/h5-7,12-18H,2-4,8-11H2,1H3,(H,39,45)(H2,38,40,41,47). The summed E-state index contributed by atoms with van der Waals surface area (Å²) < 4.78 is 45.1. The number of hydrogen-bond donors (Lipinski definition) is 3. The summed E-state index contributed by atoms with van der Waals surface area (Å²) in [5.74, 6) is -1.10. The fourth-order valence-electron chi connectivity index (χ4n) is 5.17. The number of aromatic nitrogens is 3. The predicted octanol–water partition coefficient (Wildman–Crippen LogP) is 6.67. The molecule has 0 aliphatic carbocycles. The summed E-state index contributed by atoms with van der Waals surface area (Å²) in [5, 5.41) is 12.3. The molecule has 11 nitrogen and oxygen atoms in total. The fourth-order valence-corrected chi connectivity index (χ4v) is 5.63. The van der Waals surface area contributed by atoms with Gasteiger partial charge < -0.3 is 25.6 Å². The van der Waals surface area contributed by atoms with Crippen molar-refractivity contribution >= 4 is 46.5 Å². The first-order valence-corrected chi connectivity index (χ1v) is 15.7. The number of anilines is 2. The van der Waals surface area contributed by atoms with Crippen molar-refractivity contribution in [3.05, 3.63) is 86.9 Å². The number of amides is 3. The Morgan fingerprint density at radius 3 is 2.35 bits per heavy atom. The van der Waals surface area contributed by atoms with Gasteiger partial charge in [0.2, 0.25) is 0 Å². The molecular weight excluding hydrogens is 674 g/mol. The molecule has 0 unspecified atom stereocenters. The molecule has 2 aromatic heterocycles. The highest BCUT2D eigenvalue weighted by Gasteiger charge is 2.31. The molecule has 5 rings (SSSR count). The Hall–Kier alpha value is -4.66. The molecular formula is C32H30Cl2F3N7O4. The molecule has 1 saturated heterocycles. The molecule has 0 saturated carbocycles. The van der Waals surface area contributed by atoms with Crippen LogP contribution in [0.3, 0.4) is 0 Å². The van der Waals surface area contributed by atoms with Gasteiger partial charge in [0.25, 0.3) is 11.5 Å². The first-order chi connectivity index (χ1) is 22.9. The van der Waals surface area contributed by atoms with Gasteiger partial charge in [0, 0.05) is 43.2 Å². The topological polar surface area (TPSA) is 130 Å². The molecule has 3 N–H and O–H groups in total. The average molecular weight is 705 g/mol. The van der Waals surface area contributed by atoms with Crippen LogP contribution < -0.4 is 26.2 Å². The van der Waals surface area contributed by atoms with Crippen molar-refractivity contribution in [2.24, 2.45) is 0 Å². The summed E-state index contributed by atoms with van der Waals surface area (Å²) in [6.45, 7) is 4.71. The SMILES string of the molecule is CCn1nc(-c2cccc(-c3cc(OC(F)(F)F)cc(C(=O)NCCN4CCCC4)c3)c2)cc(NC(=O)Nc2c(Cl)cncc2Cl)c1=O. The first kappa shape index (κ1) is 34.7. The number of nitrogens with zero attached hydrogens (tertiary/aromatic N) is 4. The molecule has 0 atom stereocenters. The monoisotopic (exact) mass is 703 g/mol. The molecule has 3 amide bonds. The van der Waals surface area contributed by atoms with Gasteiger partial charge in [-0.1, -0.05) is 41.4 Å². The molecule has 16 heteroatoms. The zero-order chi connectivity index (χ0) is 34.4. The third-order valence-corrected chi connectivity index (χ3v) is 7.99. The molecule has 0 radical (unpaired) electrons. The van der Waals surface area contributed by atoms with Crippen molar-refractivity contribution in [3.63, 3.8) is 0 Å². The first-order valence-electron chi connectivity index (χ1n) is 14.9. The lowest BCUT2D eigenvalue weighted by atomic mass is 9.99. The number of urea groups is 1. The minimum absolute atomic E-state index is 0.0110. The van der Waals surface area contributed by atoms with Gasteiger partial charge in [0.15, 0.2) is 0 Å². The number of aryl methyl sites for hydroxylation is 1. The molecule has 252 valence electrons. The number of benzene rings is 2. The minimum Gasteiger partial charge on any atom is -0.406 e. The Morgan fingerprint density at radius 2 is 1.67 bits per heavy atom. The van der Waals surface area contributed by atoms with Crippen molar-refractivity contribution in [1.82, 2.24) is 25.0 Å². The number of carbonyl (C=O) groups excluding carboxylic acids is 2. The number of carbonyl (C=O) groups is 2. The van der Waals surface area contributed by atoms with Crippen LogP contribution in [0.2, 0.25) is 10.0 Å². The van der Waals surface area contributed by atoms with E-state index in [1.807, 2.05) is 0 Å². The van der Waals surface area contributed by atoms with Gasteiger partial charge in [0.1, 0.15) is 11.4 Å². The van der Waals surface area contributed by atoms with Gasteiger partial charge in [-0.3, -0.25) is 14.6 Å². The normalized spacial score (nSPS) is 13.3. The van der Waals surface area contributed by atoms with Crippen molar-refractivity contribution < 1.29 is 27.5 Å². The number of hydrogen-bond acceptors (Lipinski definition) is 7. The highest BCUT2D eigenvalue weighted by molar-refractivity contribution is 6.39. The molecule has 1 aliphatic heterocycles. The Kier molecular flexibility index (Phi) is 10.9. The van der Waals surface area contributed by atoms with E-state index < -0.39 is 29.6 Å². The maximum Gasteiger partial charge on any atom is 0.573 e. The van der Waals surface area contributed by atoms with E-state index in [-0.39, 0.29) is 44.8 Å². The van der Waals surface area contributed by atoms with E-state index in [0.717, 1.165) is 36.7 Å². The number of pyridine rings is 1. The van der Waals surface area contributed by atoms with Crippen LogP contribution in [-0.4, -0.2) is 64.1 Å². The van der Waals surface area contributed by atoms with Gasteiger partial charge >= 0.3 is 12.4 Å². The summed E-state index contributed by atoms with van der Waals surface area (Å²) in [4.78, 5) is 44.9. The van der Waals surface area contributed by atoms with Crippen LogP contribution in [0.4, 0.5) is 29.3 Å². The van der Waals surface area contributed by atoms with E-state index in [1.165, 1.54) is 30.6 Å². The van der Waals surface area contributed by atoms with Crippen LogP contribution in [0.25, 0.3) is 22.4 Å². The minimum atomic E-state index is -4.98. The largest absolute Gasteiger partial charge is 0.573 e. The number of halogens is 5. The second kappa shape index (κ2) is 15.0. The van der Waals surface area contributed by atoms with Gasteiger partial charge in [-0.25, -0.2) is 9.48 Å². The quantitative estimate of drug-likeness (QED) is 0.168. The molecule has 1 aliphatic rings. The summed E-state index contributed by atoms with van der Waals surface area (Å²) >= 11 is 12.2. The van der Waals surface area contributed by atoms with Crippen molar-refractivity contribution in [3.8, 4) is 28.1 Å². The van der Waals surface area contributed by atoms with Gasteiger partial charge in [-0.05, 0) is 74.3 Å². The second-order valence-corrected chi connectivity index (χ2v) is 11.6. The second-order valence-electron chi connectivity index (χ2n) is 10.8. The van der Waals surface area contributed by atoms with E-state index in [4.69, 9.17) is 23.2 Å². The smallest absolute Gasteiger partial charge is 0.406 e. The molecule has 2 aromatic carbocycles. The third-order valence-electron chi connectivity index (χ3n) is 7.42. The van der Waals surface area contributed by atoms with E-state index in [0.29, 0.717) is 24.2 Å². The summed E-state index contributed by atoms with van der Waals surface area (Å²) in [5.41, 5.74) is 0.847. The van der Waals surface area contributed by atoms with Crippen LogP contribution in [-0.2, 0) is 6.54 Å². The third kappa shape index (κ3) is 8.82. The molecule has 0 bridgehead atoms. The lowest BCUT2D eigenvalue weighted by Crippen LogP contribution is -2.33. The number of rotatable bonds is 10. The number of nitrogens with one attached hydrogen (secondary N) is 3. The number of alkyl halides is 3. The number of ether oxygens (including phenoxy) is 1. The molecule has 0 spiro atoms. The molecule has 4 aromatic rings. The zero-order valence-electron chi connectivity index (χ0n) is 25.5. The molecule has 1 fully saturated rings. The predicted molar refractivity (Wildman–Crippen MR) is 177 cm³/mol. The highest BCUT2D eigenvalue weighted by atomic mass is 35.5. The summed E-state index contributed by atoms with van der Waals surface area (Å²) in [7, 11) is 0. The number of likely N-dealkylation sites (tertiary alicyclic amines) is 1. The molecule has 48 heavy (non-hydrogen) atoms. The summed E-state index contributed by atoms with van der Waals surface area (Å²) in [6, 6.07) is 10.9. The van der Waals surface area contributed by atoms with Crippen LogP contribution in [0, 0.1) is 0 Å². The Labute approximate surface area is 283 Å². The lowest BCUT2D eigenvalue weighted by Gasteiger charge is -2.16. The fraction of sp³-hybridized carbons (Fsp3) is 0.281. The maximum absolute atomic E-state index is 13.2. The van der Waals surface area contributed by atoms with Gasteiger partial charge in [0.05, 0.1) is 21.4 Å². The van der Waals surface area contributed by atoms with Crippen LogP contribution in [0.15, 0.2) is 65.7 Å². The van der Waals surface area contributed by atoms with Crippen LogP contribution in [0.1, 0.15) is 30.1 Å². The van der Waals surface area contributed by atoms with Crippen molar-refractivity contribution in [2.45, 2.75) is 32.7 Å². The summed E-state index contributed by atoms with van der Waals surface area (Å²) in [6.07, 6.45) is -0.217. The lowest BCUT2D eigenvalue weighted by molar-refractivity contribution is -0.274. The highest BCUT2D eigenvalue weighted by Crippen LogP contribution is 2.32. The Balaban J connectivity index is 1.44. The van der Waals surface area contributed by atoms with Crippen LogP contribution >= 0.6 is 23.2 Å². The van der Waals surface area contributed by atoms with Crippen molar-refractivity contribution in [2.75, 3.05) is 36.8 Å². The maximum atomic E-state index is 13.2. The van der Waals surface area contributed by atoms with Crippen molar-refractivity contribution in [1.29, 1.82) is 0 Å². The van der Waals surface area contributed by atoms with E-state index in [1.54, 1.807) is 31.2 Å². The molecule has 3 heterocycles. The zero-order valence-corrected chi connectivity index (χ0v) is 27.0. The Morgan fingerprint density at radius 1 is 0.958 bits per heavy atom. The van der Waals surface area contributed by atoms with Gasteiger partial charge in [-0.2, -0.15) is 5.10 Å². The van der Waals surface area contributed by atoms with Crippen LogP contribution in [0.5, 0.6) is 5.75 Å². The van der Waals surface area contributed by atoms with Gasteiger partial charge in [-0.15, -0.1) is 13.2 Å². The van der Waals surface area contributed by atoms with E-state index in [2.05, 4.69) is 35.7 Å².